The molecule has 1 aromatic carbocycles. The number of nitrogens with zero attached hydrogens (tertiary/aromatic N) is 2. The molecule has 0 bridgehead atoms. The Morgan fingerprint density at radius 3 is 2.75 bits per heavy atom. The average Bonchev–Trinajstić information content (AvgIpc) is 2.46. The molecule has 5 heteroatoms. The molecule has 4 nitrogen and oxygen atoms in total. The van der Waals surface area contributed by atoms with Crippen molar-refractivity contribution in [3.8, 4) is 11.4 Å². The number of aromatic nitrogens is 2. The van der Waals surface area contributed by atoms with Crippen LogP contribution in [0, 0.1) is 6.92 Å². The third kappa shape index (κ3) is 2.43. The maximum Gasteiger partial charge on any atom is 0.162 e. The van der Waals surface area contributed by atoms with E-state index in [0.29, 0.717) is 0 Å². The van der Waals surface area contributed by atoms with Gasteiger partial charge in [-0.3, -0.25) is 0 Å². The summed E-state index contributed by atoms with van der Waals surface area (Å²) in [6, 6.07) is 6.14. The lowest BCUT2D eigenvalue weighted by atomic mass is 9.96. The van der Waals surface area contributed by atoms with E-state index in [-0.39, 0.29) is 0 Å². The minimum atomic E-state index is 0.753. The lowest BCUT2D eigenvalue weighted by molar-refractivity contribution is 0.665. The number of hydrogen-bond donors (Lipinski definition) is 2. The predicted molar refractivity (Wildman–Crippen MR) is 84.4 cm³/mol. The number of anilines is 1. The molecule has 2 aromatic rings. The van der Waals surface area contributed by atoms with Gasteiger partial charge in [0.05, 0.1) is 0 Å². The van der Waals surface area contributed by atoms with Crippen LogP contribution in [0.3, 0.4) is 0 Å². The third-order valence-corrected chi connectivity index (χ3v) is 4.24. The van der Waals surface area contributed by atoms with Gasteiger partial charge in [-0.2, -0.15) is 0 Å². The minimum absolute atomic E-state index is 0.753. The fourth-order valence-corrected chi connectivity index (χ4v) is 3.19. The molecular formula is C15H17BrN4. The number of fused-ring (bicyclic) bond motifs is 1. The van der Waals surface area contributed by atoms with Gasteiger partial charge in [0, 0.05) is 21.3 Å². The zero-order valence-corrected chi connectivity index (χ0v) is 13.0. The van der Waals surface area contributed by atoms with Crippen molar-refractivity contribution in [2.24, 2.45) is 5.84 Å². The van der Waals surface area contributed by atoms with Gasteiger partial charge in [-0.15, -0.1) is 0 Å². The number of nitrogen functional groups attached to an aromatic ring is 1. The second-order valence-corrected chi connectivity index (χ2v) is 6.05. The Kier molecular flexibility index (Phi) is 3.72. The largest absolute Gasteiger partial charge is 0.308 e. The fourth-order valence-electron chi connectivity index (χ4n) is 2.71. The molecular weight excluding hydrogens is 316 g/mol. The van der Waals surface area contributed by atoms with Crippen LogP contribution < -0.4 is 11.3 Å². The number of aryl methyl sites for hydroxylation is 2. The van der Waals surface area contributed by atoms with Gasteiger partial charge in [-0.25, -0.2) is 15.8 Å². The molecule has 20 heavy (non-hydrogen) atoms. The first-order chi connectivity index (χ1) is 9.69. The molecule has 0 saturated heterocycles. The van der Waals surface area contributed by atoms with Gasteiger partial charge in [0.15, 0.2) is 5.82 Å². The maximum absolute atomic E-state index is 5.64. The van der Waals surface area contributed by atoms with E-state index < -0.39 is 0 Å². The first-order valence-corrected chi connectivity index (χ1v) is 7.61. The van der Waals surface area contributed by atoms with Gasteiger partial charge < -0.3 is 5.43 Å². The summed E-state index contributed by atoms with van der Waals surface area (Å²) in [7, 11) is 0. The van der Waals surface area contributed by atoms with E-state index in [1.165, 1.54) is 18.4 Å². The number of halogens is 1. The molecule has 3 N–H and O–H groups in total. The summed E-state index contributed by atoms with van der Waals surface area (Å²) in [5.74, 6) is 7.16. The lowest BCUT2D eigenvalue weighted by Gasteiger charge is -2.19. The molecule has 0 unspecified atom stereocenters. The summed E-state index contributed by atoms with van der Waals surface area (Å²) in [4.78, 5) is 9.36. The molecule has 1 aromatic heterocycles. The number of benzene rings is 1. The quantitative estimate of drug-likeness (QED) is 0.653. The van der Waals surface area contributed by atoms with Crippen molar-refractivity contribution in [2.45, 2.75) is 32.6 Å². The number of hydrogen-bond acceptors (Lipinski definition) is 4. The molecule has 0 aliphatic heterocycles. The third-order valence-electron chi connectivity index (χ3n) is 3.75. The van der Waals surface area contributed by atoms with E-state index in [1.807, 2.05) is 12.1 Å². The Balaban J connectivity index is 2.14. The number of hydrazine groups is 1. The van der Waals surface area contributed by atoms with E-state index in [9.17, 15) is 0 Å². The first kappa shape index (κ1) is 13.5. The number of rotatable bonds is 2. The highest BCUT2D eigenvalue weighted by atomic mass is 79.9. The Bertz CT molecular complexity index is 637. The molecule has 0 amide bonds. The monoisotopic (exact) mass is 332 g/mol. The van der Waals surface area contributed by atoms with Crippen LogP contribution in [0.25, 0.3) is 11.4 Å². The molecule has 0 spiro atoms. The van der Waals surface area contributed by atoms with Crippen molar-refractivity contribution < 1.29 is 0 Å². The van der Waals surface area contributed by atoms with Crippen LogP contribution >= 0.6 is 15.9 Å². The summed E-state index contributed by atoms with van der Waals surface area (Å²) < 4.78 is 1.06. The van der Waals surface area contributed by atoms with Crippen molar-refractivity contribution >= 4 is 21.7 Å². The topological polar surface area (TPSA) is 63.8 Å². The van der Waals surface area contributed by atoms with Crippen molar-refractivity contribution in [3.05, 3.63) is 39.5 Å². The van der Waals surface area contributed by atoms with Crippen molar-refractivity contribution in [1.29, 1.82) is 0 Å². The van der Waals surface area contributed by atoms with Gasteiger partial charge in [0.1, 0.15) is 5.82 Å². The normalized spacial score (nSPS) is 13.9. The highest BCUT2D eigenvalue weighted by Gasteiger charge is 2.18. The second kappa shape index (κ2) is 5.50. The molecule has 0 saturated carbocycles. The Morgan fingerprint density at radius 1 is 1.20 bits per heavy atom. The fraction of sp³-hybridized carbons (Fsp3) is 0.333. The van der Waals surface area contributed by atoms with Crippen LogP contribution in [-0.2, 0) is 12.8 Å². The lowest BCUT2D eigenvalue weighted by Crippen LogP contribution is -2.17. The summed E-state index contributed by atoms with van der Waals surface area (Å²) in [5.41, 5.74) is 7.25. The smallest absolute Gasteiger partial charge is 0.162 e. The molecule has 3 rings (SSSR count). The van der Waals surface area contributed by atoms with E-state index in [0.717, 1.165) is 45.8 Å². The zero-order valence-electron chi connectivity index (χ0n) is 11.4. The molecule has 104 valence electrons. The standard InChI is InChI=1S/C15H17BrN4/c1-9-8-10(16)6-7-11(9)14-18-13-5-3-2-4-12(13)15(19-14)20-17/h6-8H,2-5,17H2,1H3,(H,18,19,20). The highest BCUT2D eigenvalue weighted by molar-refractivity contribution is 9.10. The highest BCUT2D eigenvalue weighted by Crippen LogP contribution is 2.30. The minimum Gasteiger partial charge on any atom is -0.308 e. The van der Waals surface area contributed by atoms with Gasteiger partial charge in [-0.1, -0.05) is 15.9 Å². The summed E-state index contributed by atoms with van der Waals surface area (Å²) in [6.07, 6.45) is 4.39. The maximum atomic E-state index is 5.64. The van der Waals surface area contributed by atoms with Gasteiger partial charge in [0.2, 0.25) is 0 Å². The van der Waals surface area contributed by atoms with Crippen molar-refractivity contribution in [2.75, 3.05) is 5.43 Å². The van der Waals surface area contributed by atoms with Crippen LogP contribution in [0.5, 0.6) is 0 Å². The summed E-state index contributed by atoms with van der Waals surface area (Å²) in [5, 5.41) is 0. The predicted octanol–water partition coefficient (Wildman–Crippen LogP) is 3.38. The summed E-state index contributed by atoms with van der Waals surface area (Å²) in [6.45, 7) is 2.07. The molecule has 0 atom stereocenters. The molecule has 0 fully saturated rings. The zero-order chi connectivity index (χ0) is 14.1. The molecule has 1 aliphatic rings. The van der Waals surface area contributed by atoms with Crippen LogP contribution in [0.1, 0.15) is 29.7 Å². The van der Waals surface area contributed by atoms with E-state index in [1.54, 1.807) is 0 Å². The average molecular weight is 333 g/mol. The van der Waals surface area contributed by atoms with E-state index in [4.69, 9.17) is 10.8 Å². The van der Waals surface area contributed by atoms with Crippen LogP contribution in [0.2, 0.25) is 0 Å². The summed E-state index contributed by atoms with van der Waals surface area (Å²) >= 11 is 3.48. The van der Waals surface area contributed by atoms with E-state index >= 15 is 0 Å². The molecule has 1 aliphatic carbocycles. The molecule has 0 radical (unpaired) electrons. The van der Waals surface area contributed by atoms with E-state index in [2.05, 4.69) is 39.3 Å². The Labute approximate surface area is 126 Å². The van der Waals surface area contributed by atoms with Crippen molar-refractivity contribution in [1.82, 2.24) is 9.97 Å². The first-order valence-electron chi connectivity index (χ1n) is 6.82. The van der Waals surface area contributed by atoms with Crippen LogP contribution in [0.15, 0.2) is 22.7 Å². The SMILES string of the molecule is Cc1cc(Br)ccc1-c1nc2c(c(NN)n1)CCCC2. The van der Waals surface area contributed by atoms with Gasteiger partial charge in [0.25, 0.3) is 0 Å². The Hall–Kier alpha value is -1.46. The van der Waals surface area contributed by atoms with Gasteiger partial charge >= 0.3 is 0 Å². The number of nitrogens with one attached hydrogen (secondary N) is 1. The number of nitrogens with two attached hydrogens (primary N) is 1. The second-order valence-electron chi connectivity index (χ2n) is 5.13. The van der Waals surface area contributed by atoms with Crippen molar-refractivity contribution in [3.63, 3.8) is 0 Å². The van der Waals surface area contributed by atoms with Crippen LogP contribution in [0.4, 0.5) is 5.82 Å². The van der Waals surface area contributed by atoms with Gasteiger partial charge in [-0.05, 0) is 56.4 Å². The van der Waals surface area contributed by atoms with Crippen LogP contribution in [-0.4, -0.2) is 9.97 Å². The Morgan fingerprint density at radius 2 is 2.00 bits per heavy atom. The molecule has 1 heterocycles.